The average Bonchev–Trinajstić information content (AvgIpc) is 2.38. The minimum Gasteiger partial charge on any atom is -0.151 e. The number of hydrogen-bond acceptors (Lipinski definition) is 2. The lowest BCUT2D eigenvalue weighted by atomic mass is 10.0. The van der Waals surface area contributed by atoms with Crippen LogP contribution in [0.25, 0.3) is 0 Å². The van der Waals surface area contributed by atoms with Gasteiger partial charge in [0.2, 0.25) is 0 Å². The first-order chi connectivity index (χ1) is 8.25. The highest BCUT2D eigenvalue weighted by atomic mass is 15.1. The van der Waals surface area contributed by atoms with E-state index in [1.165, 1.54) is 11.5 Å². The molecule has 0 aliphatic rings. The zero-order valence-electron chi connectivity index (χ0n) is 10.1. The van der Waals surface area contributed by atoms with Crippen LogP contribution < -0.4 is 0 Å². The van der Waals surface area contributed by atoms with Gasteiger partial charge in [0.25, 0.3) is 0 Å². The maximum absolute atomic E-state index is 4.19. The molecule has 2 nitrogen and oxygen atoms in total. The molecule has 0 aliphatic carbocycles. The summed E-state index contributed by atoms with van der Waals surface area (Å²) in [7, 11) is 0. The summed E-state index contributed by atoms with van der Waals surface area (Å²) >= 11 is 0. The zero-order valence-corrected chi connectivity index (χ0v) is 10.1. The maximum Gasteiger partial charge on any atom is 0.0857 e. The quantitative estimate of drug-likeness (QED) is 0.649. The van der Waals surface area contributed by atoms with Crippen molar-refractivity contribution < 1.29 is 0 Å². The summed E-state index contributed by atoms with van der Waals surface area (Å²) in [6, 6.07) is 17.8. The van der Waals surface area contributed by atoms with Crippen LogP contribution in [0.4, 0.5) is 11.4 Å². The Morgan fingerprint density at radius 1 is 0.706 bits per heavy atom. The van der Waals surface area contributed by atoms with Gasteiger partial charge in [0.15, 0.2) is 0 Å². The van der Waals surface area contributed by atoms with Gasteiger partial charge in [0.05, 0.1) is 11.4 Å². The Morgan fingerprint density at radius 2 is 1.24 bits per heavy atom. The van der Waals surface area contributed by atoms with Crippen LogP contribution in [0.3, 0.4) is 0 Å². The minimum absolute atomic E-state index is 0.870. The molecule has 85 valence electrons. The van der Waals surface area contributed by atoms with Crippen LogP contribution in [0.15, 0.2) is 64.8 Å². The molecule has 0 spiro atoms. The van der Waals surface area contributed by atoms with Gasteiger partial charge in [-0.15, -0.1) is 0 Å². The van der Waals surface area contributed by atoms with E-state index in [-0.39, 0.29) is 0 Å². The summed E-state index contributed by atoms with van der Waals surface area (Å²) < 4.78 is 0. The lowest BCUT2D eigenvalue weighted by Crippen LogP contribution is -1.85. The van der Waals surface area contributed by atoms with E-state index in [4.69, 9.17) is 0 Å². The topological polar surface area (TPSA) is 24.7 Å². The van der Waals surface area contributed by atoms with E-state index in [9.17, 15) is 0 Å². The fraction of sp³-hybridized carbons (Fsp3) is 0.133. The number of benzene rings is 2. The van der Waals surface area contributed by atoms with Crippen molar-refractivity contribution in [3.63, 3.8) is 0 Å². The lowest BCUT2D eigenvalue weighted by Gasteiger charge is -2.03. The van der Waals surface area contributed by atoms with E-state index in [1.807, 2.05) is 42.5 Å². The Labute approximate surface area is 102 Å². The number of nitrogens with zero attached hydrogens (tertiary/aromatic N) is 2. The van der Waals surface area contributed by atoms with E-state index < -0.39 is 0 Å². The molecular weight excluding hydrogens is 208 g/mol. The summed E-state index contributed by atoms with van der Waals surface area (Å²) in [5.74, 6) is 1.30. The molecule has 0 heterocycles. The van der Waals surface area contributed by atoms with Crippen molar-refractivity contribution in [3.05, 3.63) is 66.1 Å². The van der Waals surface area contributed by atoms with Crippen molar-refractivity contribution in [2.75, 3.05) is 0 Å². The molecule has 0 aromatic heterocycles. The molecule has 0 saturated heterocycles. The average molecular weight is 223 g/mol. The molecule has 2 aromatic carbocycles. The Hall–Kier alpha value is -1.96. The minimum atomic E-state index is 0.870. The predicted molar refractivity (Wildman–Crippen MR) is 70.8 cm³/mol. The SMILES string of the molecule is C[C](C)c1ccc(/N=N/c2ccccc2)cc1. The highest BCUT2D eigenvalue weighted by Gasteiger charge is 1.98. The van der Waals surface area contributed by atoms with Crippen molar-refractivity contribution in [1.82, 2.24) is 0 Å². The summed E-state index contributed by atoms with van der Waals surface area (Å²) in [5.41, 5.74) is 2.98. The molecule has 0 fully saturated rings. The lowest BCUT2D eigenvalue weighted by molar-refractivity contribution is 1.14. The zero-order chi connectivity index (χ0) is 12.1. The predicted octanol–water partition coefficient (Wildman–Crippen LogP) is 5.06. The standard InChI is InChI=1S/C15H15N2/c1-12(2)13-8-10-15(11-9-13)17-16-14-6-4-3-5-7-14/h3-11H,1-2H3/b17-16+. The van der Waals surface area contributed by atoms with Crippen molar-refractivity contribution in [2.24, 2.45) is 10.2 Å². The van der Waals surface area contributed by atoms with Gasteiger partial charge in [-0.25, -0.2) is 0 Å². The Balaban J connectivity index is 2.12. The van der Waals surface area contributed by atoms with Crippen LogP contribution in [0.1, 0.15) is 19.4 Å². The smallest absolute Gasteiger partial charge is 0.0857 e. The van der Waals surface area contributed by atoms with E-state index >= 15 is 0 Å². The number of hydrogen-bond donors (Lipinski definition) is 0. The summed E-state index contributed by atoms with van der Waals surface area (Å²) in [6.07, 6.45) is 0. The summed E-state index contributed by atoms with van der Waals surface area (Å²) in [6.45, 7) is 4.20. The van der Waals surface area contributed by atoms with Crippen LogP contribution in [-0.2, 0) is 0 Å². The maximum atomic E-state index is 4.19. The molecule has 0 aliphatic heterocycles. The van der Waals surface area contributed by atoms with Crippen molar-refractivity contribution in [2.45, 2.75) is 13.8 Å². The fourth-order valence-corrected chi connectivity index (χ4v) is 1.47. The summed E-state index contributed by atoms with van der Waals surface area (Å²) in [5, 5.41) is 8.36. The molecule has 0 unspecified atom stereocenters. The molecule has 2 heteroatoms. The second-order valence-corrected chi connectivity index (χ2v) is 4.08. The Morgan fingerprint density at radius 3 is 1.76 bits per heavy atom. The van der Waals surface area contributed by atoms with Gasteiger partial charge < -0.3 is 0 Å². The highest BCUT2D eigenvalue weighted by molar-refractivity contribution is 5.43. The van der Waals surface area contributed by atoms with Crippen molar-refractivity contribution in [3.8, 4) is 0 Å². The molecule has 0 amide bonds. The fourth-order valence-electron chi connectivity index (χ4n) is 1.47. The van der Waals surface area contributed by atoms with Crippen molar-refractivity contribution >= 4 is 11.4 Å². The normalized spacial score (nSPS) is 11.2. The van der Waals surface area contributed by atoms with Gasteiger partial charge in [-0.1, -0.05) is 44.2 Å². The number of rotatable bonds is 3. The van der Waals surface area contributed by atoms with Gasteiger partial charge >= 0.3 is 0 Å². The van der Waals surface area contributed by atoms with Gasteiger partial charge in [-0.05, 0) is 35.7 Å². The van der Waals surface area contributed by atoms with Crippen LogP contribution in [0.5, 0.6) is 0 Å². The van der Waals surface area contributed by atoms with Gasteiger partial charge in [-0.3, -0.25) is 0 Å². The molecule has 1 radical (unpaired) electrons. The summed E-state index contributed by atoms with van der Waals surface area (Å²) in [4.78, 5) is 0. The first kappa shape index (κ1) is 11.5. The molecule has 0 saturated carbocycles. The molecule has 0 atom stereocenters. The van der Waals surface area contributed by atoms with E-state index in [2.05, 4.69) is 36.2 Å². The molecule has 2 aromatic rings. The van der Waals surface area contributed by atoms with Gasteiger partial charge in [0, 0.05) is 0 Å². The van der Waals surface area contributed by atoms with Crippen LogP contribution >= 0.6 is 0 Å². The Bertz CT molecular complexity index is 484. The van der Waals surface area contributed by atoms with Crippen LogP contribution in [0, 0.1) is 5.92 Å². The van der Waals surface area contributed by atoms with Crippen molar-refractivity contribution in [1.29, 1.82) is 0 Å². The first-order valence-corrected chi connectivity index (χ1v) is 5.63. The van der Waals surface area contributed by atoms with Gasteiger partial charge in [-0.2, -0.15) is 10.2 Å². The third-order valence-electron chi connectivity index (χ3n) is 2.48. The molecule has 17 heavy (non-hydrogen) atoms. The molecule has 2 rings (SSSR count). The van der Waals surface area contributed by atoms with Crippen LogP contribution in [-0.4, -0.2) is 0 Å². The van der Waals surface area contributed by atoms with E-state index in [1.54, 1.807) is 0 Å². The second-order valence-electron chi connectivity index (χ2n) is 4.08. The molecule has 0 N–H and O–H groups in total. The Kier molecular flexibility index (Phi) is 3.66. The van der Waals surface area contributed by atoms with E-state index in [0.29, 0.717) is 0 Å². The number of azo groups is 1. The largest absolute Gasteiger partial charge is 0.151 e. The first-order valence-electron chi connectivity index (χ1n) is 5.63. The molecular formula is C15H15N2. The van der Waals surface area contributed by atoms with E-state index in [0.717, 1.165) is 11.4 Å². The highest BCUT2D eigenvalue weighted by Crippen LogP contribution is 2.20. The second kappa shape index (κ2) is 5.39. The van der Waals surface area contributed by atoms with Gasteiger partial charge in [0.1, 0.15) is 0 Å². The molecule has 0 bridgehead atoms. The third kappa shape index (κ3) is 3.25. The third-order valence-corrected chi connectivity index (χ3v) is 2.48. The van der Waals surface area contributed by atoms with Crippen LogP contribution in [0.2, 0.25) is 0 Å². The monoisotopic (exact) mass is 223 g/mol.